The highest BCUT2D eigenvalue weighted by atomic mass is 32.2. The van der Waals surface area contributed by atoms with Gasteiger partial charge in [0.15, 0.2) is 10.9 Å². The fraction of sp³-hybridized carbons (Fsp3) is 0.444. The number of thiophene rings is 1. The van der Waals surface area contributed by atoms with Gasteiger partial charge in [0, 0.05) is 20.9 Å². The Labute approximate surface area is 140 Å². The predicted molar refractivity (Wildman–Crippen MR) is 95.9 cm³/mol. The zero-order chi connectivity index (χ0) is 16.7. The van der Waals surface area contributed by atoms with E-state index in [0.29, 0.717) is 5.56 Å². The molecular weight excluding hydrogens is 312 g/mol. The first-order valence-corrected chi connectivity index (χ1v) is 8.94. The van der Waals surface area contributed by atoms with Crippen molar-refractivity contribution in [1.29, 1.82) is 0 Å². The molecule has 0 amide bonds. The smallest absolute Gasteiger partial charge is 0.199 e. The minimum Gasteiger partial charge on any atom is -0.293 e. The largest absolute Gasteiger partial charge is 0.293 e. The van der Waals surface area contributed by atoms with Crippen LogP contribution in [-0.2, 0) is 4.79 Å². The van der Waals surface area contributed by atoms with E-state index in [1.165, 1.54) is 23.1 Å². The van der Waals surface area contributed by atoms with Crippen LogP contribution in [0.1, 0.15) is 51.9 Å². The molecule has 0 bridgehead atoms. The Hall–Kier alpha value is -1.13. The summed E-state index contributed by atoms with van der Waals surface area (Å²) >= 11 is 2.74. The Bertz CT molecular complexity index is 728. The molecule has 1 aromatic heterocycles. The highest BCUT2D eigenvalue weighted by molar-refractivity contribution is 8.15. The van der Waals surface area contributed by atoms with Crippen molar-refractivity contribution in [2.75, 3.05) is 0 Å². The number of carbonyl (C=O) groups excluding carboxylic acids is 2. The van der Waals surface area contributed by atoms with Gasteiger partial charge < -0.3 is 0 Å². The molecule has 4 heteroatoms. The van der Waals surface area contributed by atoms with Crippen LogP contribution in [-0.4, -0.2) is 10.9 Å². The lowest BCUT2D eigenvalue weighted by molar-refractivity contribution is -0.117. The topological polar surface area (TPSA) is 34.1 Å². The highest BCUT2D eigenvalue weighted by Gasteiger charge is 2.31. The summed E-state index contributed by atoms with van der Waals surface area (Å²) in [6.45, 7) is 11.5. The molecule has 0 N–H and O–H groups in total. The van der Waals surface area contributed by atoms with Gasteiger partial charge in [0.1, 0.15) is 0 Å². The van der Waals surface area contributed by atoms with Crippen LogP contribution in [0, 0.1) is 10.8 Å². The zero-order valence-corrected chi connectivity index (χ0v) is 15.6. The van der Waals surface area contributed by atoms with Crippen molar-refractivity contribution in [3.05, 3.63) is 29.8 Å². The normalized spacial score (nSPS) is 12.6. The summed E-state index contributed by atoms with van der Waals surface area (Å²) in [6, 6.07) is 7.88. The van der Waals surface area contributed by atoms with Gasteiger partial charge in [-0.15, -0.1) is 11.3 Å². The van der Waals surface area contributed by atoms with Crippen molar-refractivity contribution < 1.29 is 9.59 Å². The number of ketones is 1. The molecule has 2 aromatic rings. The van der Waals surface area contributed by atoms with Crippen LogP contribution in [0.15, 0.2) is 28.5 Å². The molecule has 0 fully saturated rings. The molecule has 0 atom stereocenters. The third kappa shape index (κ3) is 3.44. The molecule has 118 valence electrons. The van der Waals surface area contributed by atoms with Crippen LogP contribution in [0.25, 0.3) is 10.1 Å². The number of thioether (sulfide) groups is 1. The molecule has 0 aliphatic rings. The van der Waals surface area contributed by atoms with E-state index in [9.17, 15) is 9.59 Å². The first-order valence-electron chi connectivity index (χ1n) is 7.30. The Morgan fingerprint density at radius 1 is 0.955 bits per heavy atom. The Kier molecular flexibility index (Phi) is 4.56. The lowest BCUT2D eigenvalue weighted by atomic mass is 9.86. The molecule has 0 aliphatic carbocycles. The first kappa shape index (κ1) is 17.2. The quantitative estimate of drug-likeness (QED) is 0.514. The minimum absolute atomic E-state index is 0.0852. The van der Waals surface area contributed by atoms with Crippen molar-refractivity contribution in [3.8, 4) is 0 Å². The van der Waals surface area contributed by atoms with Crippen molar-refractivity contribution in [2.45, 2.75) is 45.8 Å². The summed E-state index contributed by atoms with van der Waals surface area (Å²) in [6.07, 6.45) is 0. The Morgan fingerprint density at radius 2 is 1.55 bits per heavy atom. The van der Waals surface area contributed by atoms with Crippen LogP contribution in [0.4, 0.5) is 0 Å². The molecule has 0 aliphatic heterocycles. The fourth-order valence-corrected chi connectivity index (χ4v) is 4.30. The van der Waals surface area contributed by atoms with E-state index in [4.69, 9.17) is 0 Å². The van der Waals surface area contributed by atoms with Gasteiger partial charge in [-0.3, -0.25) is 9.59 Å². The minimum atomic E-state index is -0.468. The Balaban J connectivity index is 2.59. The molecule has 2 rings (SSSR count). The first-order chi connectivity index (χ1) is 10.0. The van der Waals surface area contributed by atoms with Gasteiger partial charge in [-0.25, -0.2) is 0 Å². The fourth-order valence-electron chi connectivity index (χ4n) is 1.92. The van der Waals surface area contributed by atoms with E-state index < -0.39 is 10.8 Å². The average Bonchev–Trinajstić information content (AvgIpc) is 2.73. The van der Waals surface area contributed by atoms with E-state index in [1.807, 2.05) is 65.8 Å². The highest BCUT2D eigenvalue weighted by Crippen LogP contribution is 2.43. The molecule has 0 unspecified atom stereocenters. The van der Waals surface area contributed by atoms with Gasteiger partial charge in [0.05, 0.1) is 9.77 Å². The summed E-state index contributed by atoms with van der Waals surface area (Å²) in [7, 11) is 0. The lowest BCUT2D eigenvalue weighted by Gasteiger charge is -2.19. The van der Waals surface area contributed by atoms with Gasteiger partial charge in [-0.05, 0) is 17.8 Å². The SMILES string of the molecule is CC(C)(C)C(=O)Sc1sc2ccccc2c1C(=O)C(C)(C)C. The molecule has 2 nitrogen and oxygen atoms in total. The number of Topliss-reactive ketones (excluding diaryl/α,β-unsaturated/α-hetero) is 1. The standard InChI is InChI=1S/C18H22O2S2/c1-17(2,3)14(19)13-11-9-7-8-10-12(11)21-15(13)22-16(20)18(4,5)6/h7-10H,1-6H3. The average molecular weight is 335 g/mol. The number of carbonyl (C=O) groups is 2. The number of rotatable bonds is 2. The van der Waals surface area contributed by atoms with Crippen molar-refractivity contribution in [1.82, 2.24) is 0 Å². The van der Waals surface area contributed by atoms with Gasteiger partial charge in [0.25, 0.3) is 0 Å². The number of hydrogen-bond donors (Lipinski definition) is 0. The molecule has 0 saturated heterocycles. The van der Waals surface area contributed by atoms with Crippen LogP contribution < -0.4 is 0 Å². The number of hydrogen-bond acceptors (Lipinski definition) is 4. The molecule has 22 heavy (non-hydrogen) atoms. The molecule has 0 radical (unpaired) electrons. The van der Waals surface area contributed by atoms with Gasteiger partial charge in [0.2, 0.25) is 0 Å². The van der Waals surface area contributed by atoms with Crippen molar-refractivity contribution in [2.24, 2.45) is 10.8 Å². The molecule has 1 heterocycles. The maximum absolute atomic E-state index is 12.9. The maximum Gasteiger partial charge on any atom is 0.199 e. The number of benzene rings is 1. The second kappa shape index (κ2) is 5.82. The second-order valence-corrected chi connectivity index (χ2v) is 9.77. The summed E-state index contributed by atoms with van der Waals surface area (Å²) in [4.78, 5) is 25.3. The van der Waals surface area contributed by atoms with E-state index in [1.54, 1.807) is 0 Å². The van der Waals surface area contributed by atoms with Gasteiger partial charge in [-0.2, -0.15) is 0 Å². The second-order valence-electron chi connectivity index (χ2n) is 7.48. The van der Waals surface area contributed by atoms with Crippen LogP contribution >= 0.6 is 23.1 Å². The van der Waals surface area contributed by atoms with Crippen molar-refractivity contribution in [3.63, 3.8) is 0 Å². The number of fused-ring (bicyclic) bond motifs is 1. The van der Waals surface area contributed by atoms with Gasteiger partial charge >= 0.3 is 0 Å². The van der Waals surface area contributed by atoms with Crippen LogP contribution in [0.3, 0.4) is 0 Å². The Morgan fingerprint density at radius 3 is 2.09 bits per heavy atom. The lowest BCUT2D eigenvalue weighted by Crippen LogP contribution is -2.21. The van der Waals surface area contributed by atoms with E-state index in [-0.39, 0.29) is 10.9 Å². The summed E-state index contributed by atoms with van der Waals surface area (Å²) in [5.41, 5.74) is -0.192. The summed E-state index contributed by atoms with van der Waals surface area (Å²) < 4.78 is 1.88. The molecule has 0 spiro atoms. The van der Waals surface area contributed by atoms with E-state index >= 15 is 0 Å². The summed E-state index contributed by atoms with van der Waals surface area (Å²) in [5.74, 6) is 0.0918. The maximum atomic E-state index is 12.9. The monoisotopic (exact) mass is 334 g/mol. The van der Waals surface area contributed by atoms with E-state index in [0.717, 1.165) is 14.3 Å². The zero-order valence-electron chi connectivity index (χ0n) is 13.9. The summed E-state index contributed by atoms with van der Waals surface area (Å²) in [5, 5.41) is 1.04. The third-order valence-electron chi connectivity index (χ3n) is 3.27. The predicted octanol–water partition coefficient (Wildman–Crippen LogP) is 5.79. The van der Waals surface area contributed by atoms with E-state index in [2.05, 4.69) is 0 Å². The van der Waals surface area contributed by atoms with Crippen molar-refractivity contribution >= 4 is 44.1 Å². The van der Waals surface area contributed by atoms with Crippen LogP contribution in [0.2, 0.25) is 0 Å². The molecule has 1 aromatic carbocycles. The van der Waals surface area contributed by atoms with Gasteiger partial charge in [-0.1, -0.05) is 59.7 Å². The third-order valence-corrected chi connectivity index (χ3v) is 5.92. The molecular formula is C18H22O2S2. The molecule has 0 saturated carbocycles. The van der Waals surface area contributed by atoms with Crippen LogP contribution in [0.5, 0.6) is 0 Å².